The molecule has 0 radical (unpaired) electrons. The van der Waals surface area contributed by atoms with Crippen LogP contribution in [-0.2, 0) is 9.59 Å². The Labute approximate surface area is 260 Å². The van der Waals surface area contributed by atoms with E-state index in [-0.39, 0.29) is 11.6 Å². The summed E-state index contributed by atoms with van der Waals surface area (Å²) in [5, 5.41) is 8.01. The monoisotopic (exact) mass is 611 g/mol. The summed E-state index contributed by atoms with van der Waals surface area (Å²) in [7, 11) is 4.65. The number of carbonyl (C=O) groups excluding carboxylic acids is 3. The summed E-state index contributed by atoms with van der Waals surface area (Å²) in [6.45, 7) is 1.78. The molecule has 4 rings (SSSR count). The Balaban J connectivity index is 1.48. The molecule has 4 aromatic carbocycles. The van der Waals surface area contributed by atoms with Gasteiger partial charge >= 0.3 is 0 Å². The van der Waals surface area contributed by atoms with E-state index in [1.807, 2.05) is 12.1 Å². The number of nitrogens with one attached hydrogen (secondary N) is 3. The zero-order chi connectivity index (χ0) is 31.5. The average molecular weight is 612 g/mol. The van der Waals surface area contributed by atoms with Crippen molar-refractivity contribution in [2.24, 2.45) is 0 Å². The lowest BCUT2D eigenvalue weighted by Gasteiger charge is -2.16. The Bertz CT molecular complexity index is 1640. The van der Waals surface area contributed by atoms with E-state index in [1.54, 1.807) is 112 Å². The molecule has 10 heteroatoms. The summed E-state index contributed by atoms with van der Waals surface area (Å²) in [4.78, 5) is 40.2. The smallest absolute Gasteiger partial charge is 0.272 e. The van der Waals surface area contributed by atoms with E-state index in [0.717, 1.165) is 4.90 Å². The van der Waals surface area contributed by atoms with Crippen molar-refractivity contribution in [3.05, 3.63) is 114 Å². The third-order valence-corrected chi connectivity index (χ3v) is 7.49. The topological polar surface area (TPSA) is 115 Å². The van der Waals surface area contributed by atoms with Crippen LogP contribution in [0.4, 0.5) is 11.4 Å². The van der Waals surface area contributed by atoms with Crippen molar-refractivity contribution in [2.45, 2.75) is 17.1 Å². The van der Waals surface area contributed by atoms with E-state index >= 15 is 0 Å². The zero-order valence-electron chi connectivity index (χ0n) is 24.8. The van der Waals surface area contributed by atoms with Crippen molar-refractivity contribution in [3.8, 4) is 17.2 Å². The van der Waals surface area contributed by atoms with Crippen LogP contribution in [0.15, 0.2) is 108 Å². The highest BCUT2D eigenvalue weighted by molar-refractivity contribution is 8.00. The first kappa shape index (κ1) is 31.7. The second kappa shape index (κ2) is 15.3. The van der Waals surface area contributed by atoms with Crippen LogP contribution in [-0.4, -0.2) is 44.3 Å². The number of methoxy groups -OCH3 is 3. The molecule has 226 valence electrons. The van der Waals surface area contributed by atoms with Crippen molar-refractivity contribution in [2.75, 3.05) is 32.0 Å². The van der Waals surface area contributed by atoms with Gasteiger partial charge in [0.05, 0.1) is 32.3 Å². The fraction of sp³-hybridized carbons (Fsp3) is 0.147. The minimum Gasteiger partial charge on any atom is -0.497 e. The number of hydrogen-bond acceptors (Lipinski definition) is 7. The van der Waals surface area contributed by atoms with Crippen LogP contribution in [0.5, 0.6) is 17.2 Å². The minimum absolute atomic E-state index is 0.0575. The molecule has 0 aliphatic heterocycles. The van der Waals surface area contributed by atoms with Gasteiger partial charge in [0, 0.05) is 22.2 Å². The van der Waals surface area contributed by atoms with Crippen molar-refractivity contribution >= 4 is 46.9 Å². The molecule has 1 unspecified atom stereocenters. The van der Waals surface area contributed by atoms with Gasteiger partial charge in [0.2, 0.25) is 5.91 Å². The number of thioether (sulfide) groups is 1. The maximum atomic E-state index is 13.5. The van der Waals surface area contributed by atoms with Gasteiger partial charge in [0.15, 0.2) is 0 Å². The average Bonchev–Trinajstić information content (AvgIpc) is 3.05. The van der Waals surface area contributed by atoms with Gasteiger partial charge in [-0.15, -0.1) is 11.8 Å². The number of carbonyl (C=O) groups is 3. The molecule has 0 bridgehead atoms. The summed E-state index contributed by atoms with van der Waals surface area (Å²) in [5.41, 5.74) is 2.16. The lowest BCUT2D eigenvalue weighted by atomic mass is 10.1. The number of benzene rings is 4. The van der Waals surface area contributed by atoms with E-state index in [4.69, 9.17) is 14.2 Å². The largest absolute Gasteiger partial charge is 0.497 e. The Morgan fingerprint density at radius 1 is 0.750 bits per heavy atom. The summed E-state index contributed by atoms with van der Waals surface area (Å²) >= 11 is 1.33. The fourth-order valence-electron chi connectivity index (χ4n) is 4.06. The molecule has 0 heterocycles. The highest BCUT2D eigenvalue weighted by atomic mass is 32.2. The predicted molar refractivity (Wildman–Crippen MR) is 173 cm³/mol. The van der Waals surface area contributed by atoms with Crippen LogP contribution in [0.25, 0.3) is 6.08 Å². The Hall–Kier alpha value is -5.22. The lowest BCUT2D eigenvalue weighted by molar-refractivity contribution is -0.115. The van der Waals surface area contributed by atoms with Crippen LogP contribution in [0.1, 0.15) is 22.8 Å². The molecule has 0 aliphatic rings. The second-order valence-corrected chi connectivity index (χ2v) is 10.9. The Kier molecular flexibility index (Phi) is 11.0. The summed E-state index contributed by atoms with van der Waals surface area (Å²) in [6.07, 6.45) is 1.59. The van der Waals surface area contributed by atoms with Crippen LogP contribution < -0.4 is 30.2 Å². The maximum Gasteiger partial charge on any atom is 0.272 e. The number of rotatable bonds is 12. The van der Waals surface area contributed by atoms with Gasteiger partial charge in [-0.05, 0) is 73.2 Å². The molecule has 0 saturated carbocycles. The van der Waals surface area contributed by atoms with Gasteiger partial charge < -0.3 is 30.2 Å². The van der Waals surface area contributed by atoms with Crippen molar-refractivity contribution in [1.82, 2.24) is 5.32 Å². The molecule has 0 aromatic heterocycles. The van der Waals surface area contributed by atoms with Gasteiger partial charge in [-0.3, -0.25) is 14.4 Å². The fourth-order valence-corrected chi connectivity index (χ4v) is 4.98. The van der Waals surface area contributed by atoms with E-state index in [2.05, 4.69) is 16.0 Å². The molecular formula is C34H33N3O6S. The Morgan fingerprint density at radius 3 is 2.14 bits per heavy atom. The van der Waals surface area contributed by atoms with Crippen LogP contribution in [0.2, 0.25) is 0 Å². The first-order valence-electron chi connectivity index (χ1n) is 13.6. The third kappa shape index (κ3) is 8.65. The van der Waals surface area contributed by atoms with Gasteiger partial charge in [-0.25, -0.2) is 0 Å². The molecule has 9 nitrogen and oxygen atoms in total. The van der Waals surface area contributed by atoms with Crippen molar-refractivity contribution < 1.29 is 28.6 Å². The van der Waals surface area contributed by atoms with Gasteiger partial charge in [0.1, 0.15) is 22.9 Å². The number of anilines is 2. The van der Waals surface area contributed by atoms with Gasteiger partial charge in [0.25, 0.3) is 11.8 Å². The number of hydrogen-bond donors (Lipinski definition) is 3. The predicted octanol–water partition coefficient (Wildman–Crippen LogP) is 6.24. The number of ether oxygens (including phenoxy) is 3. The molecule has 4 aromatic rings. The van der Waals surface area contributed by atoms with E-state index < -0.39 is 17.1 Å². The SMILES string of the molecule is COc1ccc(/C=C(/NC(=O)c2ccccc2)C(=O)Nc2cccc(SC(C)C(=O)Nc3cc(OC)ccc3OC)c2)cc1. The molecule has 0 saturated heterocycles. The Morgan fingerprint density at radius 2 is 1.45 bits per heavy atom. The summed E-state index contributed by atoms with van der Waals surface area (Å²) < 4.78 is 15.8. The van der Waals surface area contributed by atoms with E-state index in [0.29, 0.717) is 39.8 Å². The summed E-state index contributed by atoms with van der Waals surface area (Å²) in [5.74, 6) is 0.607. The molecular weight excluding hydrogens is 578 g/mol. The van der Waals surface area contributed by atoms with Crippen LogP contribution in [0.3, 0.4) is 0 Å². The zero-order valence-corrected chi connectivity index (χ0v) is 25.6. The summed E-state index contributed by atoms with van der Waals surface area (Å²) in [6, 6.07) is 28.0. The molecule has 44 heavy (non-hydrogen) atoms. The first-order chi connectivity index (χ1) is 21.3. The quantitative estimate of drug-likeness (QED) is 0.128. The highest BCUT2D eigenvalue weighted by Gasteiger charge is 2.19. The van der Waals surface area contributed by atoms with Crippen LogP contribution >= 0.6 is 11.8 Å². The third-order valence-electron chi connectivity index (χ3n) is 6.39. The molecule has 0 aliphatic carbocycles. The molecule has 0 spiro atoms. The van der Waals surface area contributed by atoms with Gasteiger partial charge in [-0.2, -0.15) is 0 Å². The highest BCUT2D eigenvalue weighted by Crippen LogP contribution is 2.31. The molecule has 0 fully saturated rings. The normalized spacial score (nSPS) is 11.6. The van der Waals surface area contributed by atoms with Gasteiger partial charge in [-0.1, -0.05) is 36.4 Å². The molecule has 1 atom stereocenters. The van der Waals surface area contributed by atoms with Crippen molar-refractivity contribution in [1.29, 1.82) is 0 Å². The maximum absolute atomic E-state index is 13.5. The standard InChI is InChI=1S/C34H33N3O6S/c1-22(32(38)36-29-21-27(42-3)17-18-31(29)43-4)44-28-12-8-11-25(20-28)35-34(40)30(19-23-13-15-26(41-2)16-14-23)37-33(39)24-9-6-5-7-10-24/h5-22H,1-4H3,(H,35,40)(H,36,38)(H,37,39)/b30-19+. The molecule has 3 N–H and O–H groups in total. The minimum atomic E-state index is -0.511. The van der Waals surface area contributed by atoms with E-state index in [9.17, 15) is 14.4 Å². The van der Waals surface area contributed by atoms with E-state index in [1.165, 1.54) is 18.9 Å². The van der Waals surface area contributed by atoms with Crippen LogP contribution in [0, 0.1) is 0 Å². The lowest BCUT2D eigenvalue weighted by Crippen LogP contribution is -2.30. The number of amides is 3. The first-order valence-corrected chi connectivity index (χ1v) is 14.5. The van der Waals surface area contributed by atoms with Crippen molar-refractivity contribution in [3.63, 3.8) is 0 Å². The molecule has 3 amide bonds. The second-order valence-electron chi connectivity index (χ2n) is 9.45.